The van der Waals surface area contributed by atoms with Crippen molar-refractivity contribution in [3.05, 3.63) is 52.4 Å². The quantitative estimate of drug-likeness (QED) is 0.673. The lowest BCUT2D eigenvalue weighted by molar-refractivity contribution is 0.454. The van der Waals surface area contributed by atoms with E-state index in [2.05, 4.69) is 5.10 Å². The average molecular weight is 298 g/mol. The number of hydrogen-bond acceptors (Lipinski definition) is 5. The monoisotopic (exact) mass is 298 g/mol. The van der Waals surface area contributed by atoms with Gasteiger partial charge in [0.25, 0.3) is 5.56 Å². The van der Waals surface area contributed by atoms with Gasteiger partial charge in [0.2, 0.25) is 0 Å². The minimum atomic E-state index is -0.490. The molecule has 0 saturated carbocycles. The first-order valence-electron chi connectivity index (χ1n) is 6.78. The van der Waals surface area contributed by atoms with E-state index in [0.717, 1.165) is 6.07 Å². The maximum atomic E-state index is 12.6. The zero-order chi connectivity index (χ0) is 15.9. The Kier molecular flexibility index (Phi) is 3.21. The summed E-state index contributed by atoms with van der Waals surface area (Å²) < 4.78 is 1.18. The van der Waals surface area contributed by atoms with Crippen LogP contribution in [0.4, 0.5) is 0 Å². The van der Waals surface area contributed by atoms with Gasteiger partial charge in [0.1, 0.15) is 17.2 Å². The molecule has 0 aliphatic heterocycles. The van der Waals surface area contributed by atoms with Crippen molar-refractivity contribution in [2.75, 3.05) is 0 Å². The summed E-state index contributed by atoms with van der Waals surface area (Å²) in [5, 5.41) is 33.8. The van der Waals surface area contributed by atoms with Gasteiger partial charge in [0.05, 0.1) is 16.8 Å². The van der Waals surface area contributed by atoms with Crippen LogP contribution in [0.2, 0.25) is 0 Å². The Balaban J connectivity index is 2.40. The van der Waals surface area contributed by atoms with Crippen LogP contribution in [0, 0.1) is 0 Å². The van der Waals surface area contributed by atoms with Crippen LogP contribution >= 0.6 is 0 Å². The Hall–Kier alpha value is -3.02. The Morgan fingerprint density at radius 2 is 1.73 bits per heavy atom. The lowest BCUT2D eigenvalue weighted by Crippen LogP contribution is -2.23. The lowest BCUT2D eigenvalue weighted by atomic mass is 10.1. The summed E-state index contributed by atoms with van der Waals surface area (Å²) in [5.41, 5.74) is 0.566. The topological polar surface area (TPSA) is 95.6 Å². The second-order valence-electron chi connectivity index (χ2n) is 4.92. The molecule has 0 saturated heterocycles. The van der Waals surface area contributed by atoms with Crippen molar-refractivity contribution in [2.24, 2.45) is 0 Å². The summed E-state index contributed by atoms with van der Waals surface area (Å²) in [6.07, 6.45) is 0.526. The maximum Gasteiger partial charge on any atom is 0.283 e. The number of aromatic nitrogens is 2. The van der Waals surface area contributed by atoms with Crippen molar-refractivity contribution in [2.45, 2.75) is 13.3 Å². The van der Waals surface area contributed by atoms with Crippen LogP contribution in [0.15, 0.2) is 41.2 Å². The number of nitrogens with zero attached hydrogens (tertiary/aromatic N) is 2. The highest BCUT2D eigenvalue weighted by Crippen LogP contribution is 2.29. The molecule has 3 rings (SSSR count). The molecular weight excluding hydrogens is 284 g/mol. The number of aryl methyl sites for hydroxylation is 1. The number of aromatic hydroxyl groups is 3. The minimum Gasteiger partial charge on any atom is -0.508 e. The molecular formula is C16H14N2O4. The minimum absolute atomic E-state index is 0.0843. The van der Waals surface area contributed by atoms with Crippen molar-refractivity contribution in [1.29, 1.82) is 0 Å². The molecule has 6 heteroatoms. The number of phenols is 3. The van der Waals surface area contributed by atoms with Crippen LogP contribution in [-0.4, -0.2) is 25.1 Å². The third-order valence-electron chi connectivity index (χ3n) is 3.47. The molecule has 1 aromatic heterocycles. The molecule has 0 unspecified atom stereocenters. The van der Waals surface area contributed by atoms with Gasteiger partial charge in [-0.1, -0.05) is 6.92 Å². The van der Waals surface area contributed by atoms with Crippen LogP contribution in [-0.2, 0) is 6.42 Å². The molecule has 0 amide bonds. The average Bonchev–Trinajstić information content (AvgIpc) is 2.48. The van der Waals surface area contributed by atoms with E-state index in [4.69, 9.17) is 0 Å². The standard InChI is InChI=1S/C16H14N2O4/c1-2-13-12-7-11(20)8-14(21)15(12)16(22)18(17-13)9-3-5-10(19)6-4-9/h3-8,19-21H,2H2,1H3. The SMILES string of the molecule is CCc1nn(-c2ccc(O)cc2)c(=O)c2c(O)cc(O)cc12. The van der Waals surface area contributed by atoms with Crippen molar-refractivity contribution in [3.63, 3.8) is 0 Å². The van der Waals surface area contributed by atoms with E-state index >= 15 is 0 Å². The highest BCUT2D eigenvalue weighted by molar-refractivity contribution is 5.90. The molecule has 0 aliphatic carbocycles. The third kappa shape index (κ3) is 2.14. The van der Waals surface area contributed by atoms with E-state index in [1.165, 1.54) is 22.9 Å². The zero-order valence-corrected chi connectivity index (χ0v) is 11.8. The van der Waals surface area contributed by atoms with Gasteiger partial charge in [-0.05, 0) is 36.8 Å². The molecule has 0 spiro atoms. The number of phenolic OH excluding ortho intramolecular Hbond substituents is 3. The van der Waals surface area contributed by atoms with Crippen molar-refractivity contribution < 1.29 is 15.3 Å². The second kappa shape index (κ2) is 5.07. The summed E-state index contributed by atoms with van der Waals surface area (Å²) in [4.78, 5) is 12.6. The van der Waals surface area contributed by atoms with E-state index in [0.29, 0.717) is 23.2 Å². The number of benzene rings is 2. The molecule has 0 atom stereocenters. The maximum absolute atomic E-state index is 12.6. The molecule has 1 heterocycles. The predicted molar refractivity (Wildman–Crippen MR) is 81.7 cm³/mol. The molecule has 0 bridgehead atoms. The summed E-state index contributed by atoms with van der Waals surface area (Å²) in [6.45, 7) is 1.87. The van der Waals surface area contributed by atoms with Gasteiger partial charge >= 0.3 is 0 Å². The van der Waals surface area contributed by atoms with E-state index in [1.54, 1.807) is 12.1 Å². The smallest absolute Gasteiger partial charge is 0.283 e. The van der Waals surface area contributed by atoms with Crippen molar-refractivity contribution in [1.82, 2.24) is 9.78 Å². The number of fused-ring (bicyclic) bond motifs is 1. The highest BCUT2D eigenvalue weighted by atomic mass is 16.3. The van der Waals surface area contributed by atoms with Crippen LogP contribution < -0.4 is 5.56 Å². The van der Waals surface area contributed by atoms with Gasteiger partial charge in [-0.25, -0.2) is 0 Å². The Morgan fingerprint density at radius 1 is 1.05 bits per heavy atom. The largest absolute Gasteiger partial charge is 0.508 e. The van der Waals surface area contributed by atoms with Gasteiger partial charge < -0.3 is 15.3 Å². The Morgan fingerprint density at radius 3 is 2.36 bits per heavy atom. The summed E-state index contributed by atoms with van der Waals surface area (Å²) in [7, 11) is 0. The molecule has 22 heavy (non-hydrogen) atoms. The summed E-state index contributed by atoms with van der Waals surface area (Å²) in [6, 6.07) is 8.58. The number of hydrogen-bond donors (Lipinski definition) is 3. The second-order valence-corrected chi connectivity index (χ2v) is 4.92. The first-order chi connectivity index (χ1) is 10.5. The Bertz CT molecular complexity index is 914. The van der Waals surface area contributed by atoms with Crippen molar-refractivity contribution >= 4 is 10.8 Å². The van der Waals surface area contributed by atoms with Crippen LogP contribution in [0.1, 0.15) is 12.6 Å². The molecule has 0 aliphatic rings. The highest BCUT2D eigenvalue weighted by Gasteiger charge is 2.15. The number of rotatable bonds is 2. The molecule has 0 fully saturated rings. The molecule has 112 valence electrons. The van der Waals surface area contributed by atoms with Gasteiger partial charge in [0.15, 0.2) is 0 Å². The molecule has 2 aromatic carbocycles. The molecule has 3 aromatic rings. The molecule has 6 nitrogen and oxygen atoms in total. The predicted octanol–water partition coefficient (Wildman–Crippen LogP) is 2.06. The van der Waals surface area contributed by atoms with Crippen LogP contribution in [0.25, 0.3) is 16.5 Å². The summed E-state index contributed by atoms with van der Waals surface area (Å²) in [5.74, 6) is -0.325. The van der Waals surface area contributed by atoms with E-state index < -0.39 is 5.56 Å². The molecule has 0 radical (unpaired) electrons. The first kappa shape index (κ1) is 13.9. The van der Waals surface area contributed by atoms with E-state index in [1.807, 2.05) is 6.92 Å². The van der Waals surface area contributed by atoms with Gasteiger partial charge in [-0.2, -0.15) is 9.78 Å². The van der Waals surface area contributed by atoms with Crippen LogP contribution in [0.5, 0.6) is 17.2 Å². The normalized spacial score (nSPS) is 11.0. The fourth-order valence-electron chi connectivity index (χ4n) is 2.42. The van der Waals surface area contributed by atoms with Gasteiger partial charge in [-0.15, -0.1) is 0 Å². The summed E-state index contributed by atoms with van der Waals surface area (Å²) >= 11 is 0. The first-order valence-corrected chi connectivity index (χ1v) is 6.78. The third-order valence-corrected chi connectivity index (χ3v) is 3.47. The van der Waals surface area contributed by atoms with E-state index in [-0.39, 0.29) is 22.6 Å². The lowest BCUT2D eigenvalue weighted by Gasteiger charge is -2.11. The van der Waals surface area contributed by atoms with Gasteiger partial charge in [0, 0.05) is 11.5 Å². The zero-order valence-electron chi connectivity index (χ0n) is 11.8. The van der Waals surface area contributed by atoms with Crippen LogP contribution in [0.3, 0.4) is 0 Å². The van der Waals surface area contributed by atoms with Crippen molar-refractivity contribution in [3.8, 4) is 22.9 Å². The van der Waals surface area contributed by atoms with Gasteiger partial charge in [-0.3, -0.25) is 4.79 Å². The fourth-order valence-corrected chi connectivity index (χ4v) is 2.42. The Labute approximate surface area is 125 Å². The molecule has 3 N–H and O–H groups in total. The van der Waals surface area contributed by atoms with E-state index in [9.17, 15) is 20.1 Å². The fraction of sp³-hybridized carbons (Fsp3) is 0.125.